The summed E-state index contributed by atoms with van der Waals surface area (Å²) in [6.45, 7) is -0.228. The van der Waals surface area contributed by atoms with Crippen molar-refractivity contribution in [2.24, 2.45) is 0 Å². The third-order valence-corrected chi connectivity index (χ3v) is 5.88. The van der Waals surface area contributed by atoms with E-state index in [0.717, 1.165) is 27.6 Å². The van der Waals surface area contributed by atoms with Crippen molar-refractivity contribution in [1.82, 2.24) is 15.0 Å². The first kappa shape index (κ1) is 22.6. The summed E-state index contributed by atoms with van der Waals surface area (Å²) in [7, 11) is -3.65. The lowest BCUT2D eigenvalue weighted by Gasteiger charge is -2.04. The number of sulfonamides is 1. The van der Waals surface area contributed by atoms with Gasteiger partial charge in [-0.25, -0.2) is 13.4 Å². The molecule has 1 heterocycles. The van der Waals surface area contributed by atoms with Crippen molar-refractivity contribution < 1.29 is 22.8 Å². The van der Waals surface area contributed by atoms with Crippen LogP contribution in [0.4, 0.5) is 0 Å². The zero-order valence-corrected chi connectivity index (χ0v) is 18.4. The average molecular weight is 460 g/mol. The minimum atomic E-state index is -3.65. The highest BCUT2D eigenvalue weighted by Gasteiger charge is 2.13. The summed E-state index contributed by atoms with van der Waals surface area (Å²) in [5.74, 6) is -1.48. The number of amides is 2. The molecule has 3 aromatic rings. The molecule has 162 valence electrons. The van der Waals surface area contributed by atoms with Gasteiger partial charge in [-0.05, 0) is 23.3 Å². The number of carbonyl (C=O) groups excluding carboxylic acids is 3. The van der Waals surface area contributed by atoms with Crippen LogP contribution in [0.5, 0.6) is 0 Å². The van der Waals surface area contributed by atoms with Gasteiger partial charge < -0.3 is 5.32 Å². The first-order chi connectivity index (χ1) is 14.7. The van der Waals surface area contributed by atoms with Crippen LogP contribution < -0.4 is 10.0 Å². The highest BCUT2D eigenvalue weighted by atomic mass is 32.2. The number of nitrogens with zero attached hydrogens (tertiary/aromatic N) is 1. The van der Waals surface area contributed by atoms with E-state index in [0.29, 0.717) is 5.01 Å². The van der Waals surface area contributed by atoms with Crippen LogP contribution in [0, 0.1) is 0 Å². The molecule has 0 saturated carbocycles. The predicted molar refractivity (Wildman–Crippen MR) is 119 cm³/mol. The zero-order chi connectivity index (χ0) is 22.4. The molecule has 0 bridgehead atoms. The van der Waals surface area contributed by atoms with E-state index >= 15 is 0 Å². The molecule has 0 radical (unpaired) electrons. The van der Waals surface area contributed by atoms with E-state index in [4.69, 9.17) is 0 Å². The summed E-state index contributed by atoms with van der Waals surface area (Å²) >= 11 is 1.42. The molecular formula is C21H21N3O5S2. The monoisotopic (exact) mass is 459 g/mol. The summed E-state index contributed by atoms with van der Waals surface area (Å²) in [5, 5.41) is 3.15. The summed E-state index contributed by atoms with van der Waals surface area (Å²) in [5.41, 5.74) is 2.97. The number of thiazole rings is 1. The zero-order valence-electron chi connectivity index (χ0n) is 16.8. The van der Waals surface area contributed by atoms with Crippen LogP contribution in [0.3, 0.4) is 0 Å². The van der Waals surface area contributed by atoms with Crippen molar-refractivity contribution in [2.75, 3.05) is 12.8 Å². The van der Waals surface area contributed by atoms with E-state index in [-0.39, 0.29) is 37.5 Å². The Morgan fingerprint density at radius 1 is 0.968 bits per heavy atom. The average Bonchev–Trinajstić information content (AvgIpc) is 3.11. The molecule has 0 spiro atoms. The van der Waals surface area contributed by atoms with Gasteiger partial charge in [-0.1, -0.05) is 36.4 Å². The van der Waals surface area contributed by atoms with Gasteiger partial charge in [-0.15, -0.1) is 11.3 Å². The van der Waals surface area contributed by atoms with Crippen LogP contribution in [0.25, 0.3) is 21.3 Å². The number of aromatic nitrogens is 1. The molecule has 10 heteroatoms. The molecule has 0 saturated heterocycles. The summed E-state index contributed by atoms with van der Waals surface area (Å²) in [4.78, 5) is 39.9. The van der Waals surface area contributed by atoms with Crippen LogP contribution in [0.1, 0.15) is 17.8 Å². The molecule has 3 rings (SSSR count). The Morgan fingerprint density at radius 3 is 2.42 bits per heavy atom. The number of hydrogen-bond donors (Lipinski definition) is 2. The van der Waals surface area contributed by atoms with Gasteiger partial charge in [0.1, 0.15) is 5.01 Å². The SMILES string of the molecule is CS(=O)(=O)NC(=O)CCC(=O)CNC(=O)Cc1nc2ccc(-c3ccccc3)cc2s1. The van der Waals surface area contributed by atoms with Crippen LogP contribution in [-0.2, 0) is 30.8 Å². The highest BCUT2D eigenvalue weighted by Crippen LogP contribution is 2.28. The Labute approximate surface area is 183 Å². The molecule has 0 aliphatic rings. The summed E-state index contributed by atoms with van der Waals surface area (Å²) in [6, 6.07) is 15.9. The number of Topliss-reactive ketones (excluding diaryl/α,β-unsaturated/α-hetero) is 1. The van der Waals surface area contributed by atoms with Crippen molar-refractivity contribution in [1.29, 1.82) is 0 Å². The predicted octanol–water partition coefficient (Wildman–Crippen LogP) is 2.05. The third-order valence-electron chi connectivity index (χ3n) is 4.26. The molecule has 8 nitrogen and oxygen atoms in total. The van der Waals surface area contributed by atoms with Gasteiger partial charge in [-0.2, -0.15) is 0 Å². The van der Waals surface area contributed by atoms with Crippen molar-refractivity contribution in [2.45, 2.75) is 19.3 Å². The minimum Gasteiger partial charge on any atom is -0.349 e. The van der Waals surface area contributed by atoms with E-state index in [1.807, 2.05) is 48.5 Å². The molecule has 2 amide bonds. The number of nitrogens with one attached hydrogen (secondary N) is 2. The van der Waals surface area contributed by atoms with E-state index in [1.165, 1.54) is 11.3 Å². The fourth-order valence-electron chi connectivity index (χ4n) is 2.85. The maximum absolute atomic E-state index is 12.2. The van der Waals surface area contributed by atoms with Gasteiger partial charge in [0.25, 0.3) is 0 Å². The van der Waals surface area contributed by atoms with E-state index in [2.05, 4.69) is 10.3 Å². The van der Waals surface area contributed by atoms with Gasteiger partial charge >= 0.3 is 0 Å². The van der Waals surface area contributed by atoms with Crippen LogP contribution in [0.15, 0.2) is 48.5 Å². The Hall–Kier alpha value is -3.11. The normalized spacial score (nSPS) is 11.3. The van der Waals surface area contributed by atoms with Gasteiger partial charge in [0.15, 0.2) is 5.78 Å². The lowest BCUT2D eigenvalue weighted by atomic mass is 10.1. The second-order valence-electron chi connectivity index (χ2n) is 6.95. The molecule has 31 heavy (non-hydrogen) atoms. The summed E-state index contributed by atoms with van der Waals surface area (Å²) in [6.07, 6.45) is 0.480. The fourth-order valence-corrected chi connectivity index (χ4v) is 4.38. The Bertz CT molecular complexity index is 1220. The Kier molecular flexibility index (Phi) is 7.13. The quantitative estimate of drug-likeness (QED) is 0.505. The molecule has 1 aromatic heterocycles. The van der Waals surface area contributed by atoms with Crippen LogP contribution in [-0.4, -0.2) is 43.8 Å². The van der Waals surface area contributed by atoms with Crippen LogP contribution in [0.2, 0.25) is 0 Å². The highest BCUT2D eigenvalue weighted by molar-refractivity contribution is 7.89. The number of rotatable bonds is 9. The van der Waals surface area contributed by atoms with Gasteiger partial charge in [0, 0.05) is 12.8 Å². The topological polar surface area (TPSA) is 122 Å². The maximum atomic E-state index is 12.2. The molecule has 2 aromatic carbocycles. The number of hydrogen-bond acceptors (Lipinski definition) is 7. The van der Waals surface area contributed by atoms with Crippen molar-refractivity contribution in [3.8, 4) is 11.1 Å². The largest absolute Gasteiger partial charge is 0.349 e. The molecule has 0 aliphatic carbocycles. The lowest BCUT2D eigenvalue weighted by Crippen LogP contribution is -2.32. The number of benzene rings is 2. The van der Waals surface area contributed by atoms with E-state index in [9.17, 15) is 22.8 Å². The smallest absolute Gasteiger partial charge is 0.233 e. The molecule has 0 atom stereocenters. The second kappa shape index (κ2) is 9.80. The van der Waals surface area contributed by atoms with Gasteiger partial charge in [-0.3, -0.25) is 19.1 Å². The first-order valence-corrected chi connectivity index (χ1v) is 12.1. The Morgan fingerprint density at radius 2 is 1.71 bits per heavy atom. The fraction of sp³-hybridized carbons (Fsp3) is 0.238. The molecular weight excluding hydrogens is 438 g/mol. The van der Waals surface area contributed by atoms with E-state index in [1.54, 1.807) is 4.72 Å². The van der Waals surface area contributed by atoms with Gasteiger partial charge in [0.05, 0.1) is 29.4 Å². The minimum absolute atomic E-state index is 0.0435. The van der Waals surface area contributed by atoms with Gasteiger partial charge in [0.2, 0.25) is 21.8 Å². The summed E-state index contributed by atoms with van der Waals surface area (Å²) < 4.78 is 24.7. The molecule has 0 unspecified atom stereocenters. The van der Waals surface area contributed by atoms with Crippen LogP contribution >= 0.6 is 11.3 Å². The first-order valence-electron chi connectivity index (χ1n) is 9.43. The number of carbonyl (C=O) groups is 3. The molecule has 0 fully saturated rings. The third kappa shape index (κ3) is 6.97. The maximum Gasteiger partial charge on any atom is 0.233 e. The van der Waals surface area contributed by atoms with E-state index < -0.39 is 15.9 Å². The van der Waals surface area contributed by atoms with Crippen molar-refractivity contribution in [3.63, 3.8) is 0 Å². The Balaban J connectivity index is 1.51. The lowest BCUT2D eigenvalue weighted by molar-refractivity contribution is -0.126. The standard InChI is InChI=1S/C21H21N3O5S2/c1-31(28,29)24-19(26)10-8-16(25)13-22-20(27)12-21-23-17-9-7-15(11-18(17)30-21)14-5-3-2-4-6-14/h2-7,9,11H,8,10,12-13H2,1H3,(H,22,27)(H,24,26). The van der Waals surface area contributed by atoms with Crippen molar-refractivity contribution >= 4 is 49.2 Å². The molecule has 2 N–H and O–H groups in total. The number of fused-ring (bicyclic) bond motifs is 1. The second-order valence-corrected chi connectivity index (χ2v) is 9.81. The number of ketones is 1. The molecule has 0 aliphatic heterocycles. The van der Waals surface area contributed by atoms with Crippen molar-refractivity contribution in [3.05, 3.63) is 53.5 Å².